The van der Waals surface area contributed by atoms with Gasteiger partial charge in [0, 0.05) is 35.4 Å². The van der Waals surface area contributed by atoms with Gasteiger partial charge in [-0.05, 0) is 91.4 Å². The van der Waals surface area contributed by atoms with E-state index < -0.39 is 0 Å². The van der Waals surface area contributed by atoms with Crippen molar-refractivity contribution in [3.63, 3.8) is 0 Å². The van der Waals surface area contributed by atoms with Gasteiger partial charge in [-0.15, -0.1) is 0 Å². The Morgan fingerprint density at radius 1 is 0.944 bits per heavy atom. The van der Waals surface area contributed by atoms with E-state index in [1.165, 1.54) is 5.56 Å². The Morgan fingerprint density at radius 3 is 2.50 bits per heavy atom. The predicted octanol–water partition coefficient (Wildman–Crippen LogP) is 6.06. The number of carbonyl (C=O) groups is 2. The largest absolute Gasteiger partial charge is 0.322 e. The minimum absolute atomic E-state index is 0.0297. The van der Waals surface area contributed by atoms with Crippen LogP contribution >= 0.6 is 0 Å². The zero-order valence-corrected chi connectivity index (χ0v) is 20.8. The summed E-state index contributed by atoms with van der Waals surface area (Å²) >= 11 is 0. The van der Waals surface area contributed by atoms with Crippen LogP contribution < -0.4 is 10.2 Å². The molecule has 3 aromatic carbocycles. The molecule has 0 radical (unpaired) electrons. The Kier molecular flexibility index (Phi) is 6.38. The van der Waals surface area contributed by atoms with Gasteiger partial charge < -0.3 is 10.2 Å². The van der Waals surface area contributed by atoms with Crippen molar-refractivity contribution < 1.29 is 9.59 Å². The number of pyridine rings is 1. The lowest BCUT2D eigenvalue weighted by Crippen LogP contribution is -2.30. The van der Waals surface area contributed by atoms with Crippen molar-refractivity contribution in [2.75, 3.05) is 16.8 Å². The fourth-order valence-corrected chi connectivity index (χ4v) is 4.79. The molecule has 0 saturated heterocycles. The summed E-state index contributed by atoms with van der Waals surface area (Å²) in [7, 11) is 0. The highest BCUT2D eigenvalue weighted by atomic mass is 16.2. The number of nitrogens with zero attached hydrogens (tertiary/aromatic N) is 2. The highest BCUT2D eigenvalue weighted by Gasteiger charge is 2.25. The van der Waals surface area contributed by atoms with Gasteiger partial charge in [0.25, 0.3) is 5.91 Å². The first-order valence-corrected chi connectivity index (χ1v) is 12.2. The molecule has 1 N–H and O–H groups in total. The number of aryl methyl sites for hydroxylation is 2. The molecule has 5 rings (SSSR count). The normalized spacial score (nSPS) is 12.4. The topological polar surface area (TPSA) is 62.3 Å². The van der Waals surface area contributed by atoms with Crippen LogP contribution in [0.4, 0.5) is 11.4 Å². The van der Waals surface area contributed by atoms with Crippen LogP contribution in [0.2, 0.25) is 0 Å². The molecule has 5 nitrogen and oxygen atoms in total. The average Bonchev–Trinajstić information content (AvgIpc) is 3.30. The fourth-order valence-electron chi connectivity index (χ4n) is 4.79. The van der Waals surface area contributed by atoms with Gasteiger partial charge in [0.15, 0.2) is 0 Å². The van der Waals surface area contributed by atoms with E-state index in [9.17, 15) is 9.59 Å². The maximum Gasteiger partial charge on any atom is 0.256 e. The first-order valence-electron chi connectivity index (χ1n) is 12.2. The van der Waals surface area contributed by atoms with Crippen molar-refractivity contribution in [2.45, 2.75) is 33.6 Å². The van der Waals surface area contributed by atoms with Gasteiger partial charge >= 0.3 is 0 Å². The molecule has 0 atom stereocenters. The number of hydrogen-bond donors (Lipinski definition) is 1. The highest BCUT2D eigenvalue weighted by molar-refractivity contribution is 6.09. The summed E-state index contributed by atoms with van der Waals surface area (Å²) in [5.41, 5.74) is 9.51. The number of anilines is 2. The monoisotopic (exact) mass is 475 g/mol. The molecule has 1 aliphatic heterocycles. The average molecular weight is 476 g/mol. The Bertz CT molecular complexity index is 1440. The summed E-state index contributed by atoms with van der Waals surface area (Å²) in [6.45, 7) is 6.82. The van der Waals surface area contributed by atoms with Crippen LogP contribution in [-0.2, 0) is 17.6 Å². The van der Waals surface area contributed by atoms with Crippen molar-refractivity contribution in [2.24, 2.45) is 0 Å². The molecule has 5 heteroatoms. The number of rotatable bonds is 5. The quantitative estimate of drug-likeness (QED) is 0.382. The molecule has 0 bridgehead atoms. The molecule has 1 aromatic heterocycles. The number of carbonyl (C=O) groups excluding carboxylic acids is 2. The lowest BCUT2D eigenvalue weighted by molar-refractivity contribution is -0.117. The standard InChI is InChI=1S/C31H29N3O2/c1-20-7-10-23(11-8-20)30-22(3)21(2)9-13-27(30)31(36)33-26-12-14-28-24(18-26)15-17-34(28)29(35)19-25-6-4-5-16-32-25/h4-14,16,18H,15,17,19H2,1-3H3,(H,33,36). The van der Waals surface area contributed by atoms with Crippen LogP contribution in [0.15, 0.2) is 79.0 Å². The molecular formula is C31H29N3O2. The first kappa shape index (κ1) is 23.5. The molecular weight excluding hydrogens is 446 g/mol. The third-order valence-corrected chi connectivity index (χ3v) is 6.91. The SMILES string of the molecule is Cc1ccc(-c2c(C(=O)Nc3ccc4c(c3)CCN4C(=O)Cc3ccccn3)ccc(C)c2C)cc1. The van der Waals surface area contributed by atoms with Gasteiger partial charge in [-0.2, -0.15) is 0 Å². The Labute approximate surface area is 211 Å². The molecule has 1 aliphatic rings. The van der Waals surface area contributed by atoms with Gasteiger partial charge in [0.1, 0.15) is 0 Å². The van der Waals surface area contributed by atoms with E-state index in [-0.39, 0.29) is 18.2 Å². The van der Waals surface area contributed by atoms with Crippen molar-refractivity contribution in [3.8, 4) is 11.1 Å². The molecule has 4 aromatic rings. The second-order valence-electron chi connectivity index (χ2n) is 9.39. The smallest absolute Gasteiger partial charge is 0.256 e. The summed E-state index contributed by atoms with van der Waals surface area (Å²) in [5, 5.41) is 3.09. The zero-order chi connectivity index (χ0) is 25.2. The fraction of sp³-hybridized carbons (Fsp3) is 0.194. The molecule has 36 heavy (non-hydrogen) atoms. The molecule has 0 spiro atoms. The molecule has 2 amide bonds. The zero-order valence-electron chi connectivity index (χ0n) is 20.8. The van der Waals surface area contributed by atoms with Crippen LogP contribution in [0.5, 0.6) is 0 Å². The Balaban J connectivity index is 1.37. The Hall–Kier alpha value is -4.25. The molecule has 0 fully saturated rings. The van der Waals surface area contributed by atoms with Crippen molar-refractivity contribution >= 4 is 23.2 Å². The van der Waals surface area contributed by atoms with E-state index in [4.69, 9.17) is 0 Å². The molecule has 180 valence electrons. The molecule has 0 unspecified atom stereocenters. The number of aromatic nitrogens is 1. The summed E-state index contributed by atoms with van der Waals surface area (Å²) in [4.78, 5) is 32.4. The van der Waals surface area contributed by atoms with Crippen LogP contribution in [0.1, 0.15) is 38.3 Å². The molecule has 0 saturated carbocycles. The third-order valence-electron chi connectivity index (χ3n) is 6.91. The van der Waals surface area contributed by atoms with E-state index >= 15 is 0 Å². The molecule has 0 aliphatic carbocycles. The summed E-state index contributed by atoms with van der Waals surface area (Å²) < 4.78 is 0. The number of nitrogens with one attached hydrogen (secondary N) is 1. The van der Waals surface area contributed by atoms with Crippen molar-refractivity contribution in [1.29, 1.82) is 0 Å². The van der Waals surface area contributed by atoms with E-state index in [1.54, 1.807) is 6.20 Å². The van der Waals surface area contributed by atoms with E-state index in [0.717, 1.165) is 51.3 Å². The summed E-state index contributed by atoms with van der Waals surface area (Å²) in [6.07, 6.45) is 2.73. The van der Waals surface area contributed by atoms with Gasteiger partial charge in [0.05, 0.1) is 6.42 Å². The maximum atomic E-state index is 13.4. The summed E-state index contributed by atoms with van der Waals surface area (Å²) in [5.74, 6) is -0.114. The van der Waals surface area contributed by atoms with Gasteiger partial charge in [-0.25, -0.2) is 0 Å². The van der Waals surface area contributed by atoms with Crippen molar-refractivity contribution in [3.05, 3.63) is 113 Å². The van der Waals surface area contributed by atoms with Crippen LogP contribution in [0, 0.1) is 20.8 Å². The van der Waals surface area contributed by atoms with Gasteiger partial charge in [0.2, 0.25) is 5.91 Å². The number of hydrogen-bond acceptors (Lipinski definition) is 3. The summed E-state index contributed by atoms with van der Waals surface area (Å²) in [6, 6.07) is 23.6. The van der Waals surface area contributed by atoms with E-state index in [1.807, 2.05) is 53.4 Å². The third kappa shape index (κ3) is 4.65. The second kappa shape index (κ2) is 9.78. The van der Waals surface area contributed by atoms with Crippen molar-refractivity contribution in [1.82, 2.24) is 4.98 Å². The minimum atomic E-state index is -0.144. The number of benzene rings is 3. The van der Waals surface area contributed by atoms with E-state index in [0.29, 0.717) is 12.1 Å². The lowest BCUT2D eigenvalue weighted by atomic mass is 9.91. The van der Waals surface area contributed by atoms with Crippen LogP contribution in [0.25, 0.3) is 11.1 Å². The van der Waals surface area contributed by atoms with Crippen LogP contribution in [-0.4, -0.2) is 23.3 Å². The highest BCUT2D eigenvalue weighted by Crippen LogP contribution is 2.33. The first-order chi connectivity index (χ1) is 17.4. The maximum absolute atomic E-state index is 13.4. The predicted molar refractivity (Wildman–Crippen MR) is 144 cm³/mol. The number of amides is 2. The van der Waals surface area contributed by atoms with Crippen LogP contribution in [0.3, 0.4) is 0 Å². The van der Waals surface area contributed by atoms with Gasteiger partial charge in [-0.3, -0.25) is 14.6 Å². The van der Waals surface area contributed by atoms with E-state index in [2.05, 4.69) is 55.3 Å². The second-order valence-corrected chi connectivity index (χ2v) is 9.39. The van der Waals surface area contributed by atoms with Gasteiger partial charge in [-0.1, -0.05) is 42.0 Å². The lowest BCUT2D eigenvalue weighted by Gasteiger charge is -2.18. The number of fused-ring (bicyclic) bond motifs is 1. The molecule has 2 heterocycles. The Morgan fingerprint density at radius 2 is 1.75 bits per heavy atom. The minimum Gasteiger partial charge on any atom is -0.322 e.